The second-order valence-electron chi connectivity index (χ2n) is 6.36. The number of amides is 2. The first-order valence-electron chi connectivity index (χ1n) is 8.67. The molecule has 0 saturated carbocycles. The van der Waals surface area contributed by atoms with Gasteiger partial charge in [-0.2, -0.15) is 0 Å². The lowest BCUT2D eigenvalue weighted by Gasteiger charge is -2.08. The zero-order valence-electron chi connectivity index (χ0n) is 14.4. The summed E-state index contributed by atoms with van der Waals surface area (Å²) in [4.78, 5) is 28.7. The number of hydrogen-bond donors (Lipinski definition) is 3. The average Bonchev–Trinajstić information content (AvgIpc) is 3.16. The van der Waals surface area contributed by atoms with Crippen molar-refractivity contribution in [3.63, 3.8) is 0 Å². The van der Waals surface area contributed by atoms with Gasteiger partial charge in [0.15, 0.2) is 0 Å². The van der Waals surface area contributed by atoms with E-state index in [-0.39, 0.29) is 12.2 Å². The molecular formula is C21H17ClN2O3. The van der Waals surface area contributed by atoms with Crippen molar-refractivity contribution < 1.29 is 14.7 Å². The van der Waals surface area contributed by atoms with E-state index in [1.54, 1.807) is 24.3 Å². The Bertz CT molecular complexity index is 1100. The summed E-state index contributed by atoms with van der Waals surface area (Å²) in [7, 11) is 0. The summed E-state index contributed by atoms with van der Waals surface area (Å²) in [5.74, 6) is -0.897. The van der Waals surface area contributed by atoms with Crippen molar-refractivity contribution in [1.82, 2.24) is 10.3 Å². The fourth-order valence-corrected chi connectivity index (χ4v) is 3.77. The zero-order valence-corrected chi connectivity index (χ0v) is 15.1. The highest BCUT2D eigenvalue weighted by Crippen LogP contribution is 2.39. The van der Waals surface area contributed by atoms with Crippen LogP contribution in [-0.2, 0) is 16.0 Å². The van der Waals surface area contributed by atoms with E-state index in [1.807, 2.05) is 24.3 Å². The van der Waals surface area contributed by atoms with Crippen LogP contribution in [0.2, 0.25) is 5.02 Å². The Balaban J connectivity index is 2.04. The van der Waals surface area contributed by atoms with Gasteiger partial charge in [0.05, 0.1) is 11.1 Å². The highest BCUT2D eigenvalue weighted by molar-refractivity contribution is 6.51. The van der Waals surface area contributed by atoms with Crippen LogP contribution in [0, 0.1) is 0 Å². The molecule has 1 aliphatic heterocycles. The summed E-state index contributed by atoms with van der Waals surface area (Å²) in [6.45, 7) is 0.0380. The first kappa shape index (κ1) is 17.5. The summed E-state index contributed by atoms with van der Waals surface area (Å²) in [5.41, 5.74) is 3.50. The third-order valence-electron chi connectivity index (χ3n) is 4.69. The Morgan fingerprint density at radius 2 is 1.63 bits per heavy atom. The Morgan fingerprint density at radius 1 is 0.926 bits per heavy atom. The van der Waals surface area contributed by atoms with E-state index in [4.69, 9.17) is 11.6 Å². The van der Waals surface area contributed by atoms with Gasteiger partial charge in [-0.25, -0.2) is 0 Å². The SMILES string of the molecule is O=C1NC(=O)C(c2c(CCCO)[nH]c3ccccc23)=C1c1ccccc1Cl. The highest BCUT2D eigenvalue weighted by Gasteiger charge is 2.35. The molecule has 2 heterocycles. The quantitative estimate of drug-likeness (QED) is 0.594. The number of carbonyl (C=O) groups is 2. The molecule has 4 rings (SSSR count). The second-order valence-corrected chi connectivity index (χ2v) is 6.77. The van der Waals surface area contributed by atoms with Gasteiger partial charge in [-0.1, -0.05) is 48.0 Å². The molecule has 0 saturated heterocycles. The lowest BCUT2D eigenvalue weighted by atomic mass is 9.93. The number of nitrogens with one attached hydrogen (secondary N) is 2. The van der Waals surface area contributed by atoms with E-state index in [2.05, 4.69) is 10.3 Å². The van der Waals surface area contributed by atoms with Crippen LogP contribution < -0.4 is 5.32 Å². The minimum absolute atomic E-state index is 0.0380. The molecule has 3 aromatic rings. The van der Waals surface area contributed by atoms with Crippen LogP contribution in [0.4, 0.5) is 0 Å². The van der Waals surface area contributed by atoms with Gasteiger partial charge in [-0.15, -0.1) is 0 Å². The first-order valence-corrected chi connectivity index (χ1v) is 9.05. The largest absolute Gasteiger partial charge is 0.396 e. The summed E-state index contributed by atoms with van der Waals surface area (Å²) >= 11 is 6.32. The van der Waals surface area contributed by atoms with Crippen molar-refractivity contribution in [2.75, 3.05) is 6.61 Å². The van der Waals surface area contributed by atoms with Crippen LogP contribution in [0.1, 0.15) is 23.2 Å². The highest BCUT2D eigenvalue weighted by atomic mass is 35.5. The van der Waals surface area contributed by atoms with Gasteiger partial charge >= 0.3 is 0 Å². The van der Waals surface area contributed by atoms with Crippen molar-refractivity contribution in [2.24, 2.45) is 0 Å². The Morgan fingerprint density at radius 3 is 2.41 bits per heavy atom. The van der Waals surface area contributed by atoms with Gasteiger partial charge in [-0.3, -0.25) is 14.9 Å². The third-order valence-corrected chi connectivity index (χ3v) is 5.02. The van der Waals surface area contributed by atoms with Crippen molar-refractivity contribution in [3.05, 3.63) is 70.4 Å². The van der Waals surface area contributed by atoms with Crippen LogP contribution in [0.3, 0.4) is 0 Å². The van der Waals surface area contributed by atoms with E-state index in [9.17, 15) is 14.7 Å². The molecule has 0 bridgehead atoms. The number of para-hydroxylation sites is 1. The summed E-state index contributed by atoms with van der Waals surface area (Å²) < 4.78 is 0. The number of aryl methyl sites for hydroxylation is 1. The second kappa shape index (κ2) is 7.02. The first-order chi connectivity index (χ1) is 13.1. The molecule has 2 aromatic carbocycles. The van der Waals surface area contributed by atoms with Crippen molar-refractivity contribution in [2.45, 2.75) is 12.8 Å². The average molecular weight is 381 g/mol. The molecule has 0 radical (unpaired) electrons. The van der Waals surface area contributed by atoms with Gasteiger partial charge in [-0.05, 0) is 25.0 Å². The standard InChI is InChI=1S/C21H17ClN2O3/c22-14-8-3-1-6-12(14)18-19(21(27)24-20(18)26)17-13-7-2-4-9-15(13)23-16(17)10-5-11-25/h1-4,6-9,23,25H,5,10-11H2,(H,24,26,27). The number of aliphatic hydroxyl groups excluding tert-OH is 1. The molecule has 0 spiro atoms. The zero-order chi connectivity index (χ0) is 19.0. The maximum absolute atomic E-state index is 12.8. The molecule has 5 nitrogen and oxygen atoms in total. The smallest absolute Gasteiger partial charge is 0.259 e. The molecule has 27 heavy (non-hydrogen) atoms. The number of H-pyrrole nitrogens is 1. The third kappa shape index (κ3) is 2.95. The fraction of sp³-hybridized carbons (Fsp3) is 0.143. The Labute approximate surface area is 160 Å². The molecule has 2 amide bonds. The van der Waals surface area contributed by atoms with E-state index in [1.165, 1.54) is 0 Å². The van der Waals surface area contributed by atoms with Gasteiger partial charge in [0, 0.05) is 39.4 Å². The fourth-order valence-electron chi connectivity index (χ4n) is 3.54. The van der Waals surface area contributed by atoms with Crippen molar-refractivity contribution in [3.8, 4) is 0 Å². The van der Waals surface area contributed by atoms with Crippen LogP contribution in [0.25, 0.3) is 22.0 Å². The van der Waals surface area contributed by atoms with Crippen LogP contribution in [-0.4, -0.2) is 28.5 Å². The van der Waals surface area contributed by atoms with Crippen LogP contribution >= 0.6 is 11.6 Å². The number of benzene rings is 2. The monoisotopic (exact) mass is 380 g/mol. The topological polar surface area (TPSA) is 82.2 Å². The van der Waals surface area contributed by atoms with E-state index >= 15 is 0 Å². The number of aromatic amines is 1. The molecule has 136 valence electrons. The van der Waals surface area contributed by atoms with Crippen LogP contribution in [0.15, 0.2) is 48.5 Å². The molecule has 3 N–H and O–H groups in total. The number of aromatic nitrogens is 1. The number of rotatable bonds is 5. The summed E-state index contributed by atoms with van der Waals surface area (Å²) in [5, 5.41) is 12.9. The predicted octanol–water partition coefficient (Wildman–Crippen LogP) is 3.31. The number of carbonyl (C=O) groups excluding carboxylic acids is 2. The lowest BCUT2D eigenvalue weighted by molar-refractivity contribution is -0.122. The number of halogens is 1. The molecule has 1 aliphatic rings. The van der Waals surface area contributed by atoms with Crippen molar-refractivity contribution >= 4 is 45.5 Å². The predicted molar refractivity (Wildman–Crippen MR) is 105 cm³/mol. The van der Waals surface area contributed by atoms with Gasteiger partial charge < -0.3 is 10.1 Å². The lowest BCUT2D eigenvalue weighted by Crippen LogP contribution is -2.23. The molecule has 0 aliphatic carbocycles. The van der Waals surface area contributed by atoms with E-state index < -0.39 is 11.8 Å². The minimum atomic E-state index is -0.457. The summed E-state index contributed by atoms with van der Waals surface area (Å²) in [6, 6.07) is 14.6. The number of fused-ring (bicyclic) bond motifs is 1. The van der Waals surface area contributed by atoms with E-state index in [0.29, 0.717) is 34.6 Å². The van der Waals surface area contributed by atoms with Crippen molar-refractivity contribution in [1.29, 1.82) is 0 Å². The normalized spacial score (nSPS) is 14.3. The molecule has 0 fully saturated rings. The Kier molecular flexibility index (Phi) is 4.56. The molecule has 0 atom stereocenters. The van der Waals surface area contributed by atoms with Gasteiger partial charge in [0.1, 0.15) is 0 Å². The number of imide groups is 1. The minimum Gasteiger partial charge on any atom is -0.396 e. The number of hydrogen-bond acceptors (Lipinski definition) is 3. The molecule has 6 heteroatoms. The summed E-state index contributed by atoms with van der Waals surface area (Å²) in [6.07, 6.45) is 1.10. The molecule has 1 aromatic heterocycles. The van der Waals surface area contributed by atoms with Gasteiger partial charge in [0.25, 0.3) is 11.8 Å². The Hall–Kier alpha value is -2.89. The number of aliphatic hydroxyl groups is 1. The van der Waals surface area contributed by atoms with Gasteiger partial charge in [0.2, 0.25) is 0 Å². The van der Waals surface area contributed by atoms with E-state index in [0.717, 1.165) is 16.6 Å². The molecular weight excluding hydrogens is 364 g/mol. The maximum Gasteiger partial charge on any atom is 0.259 e. The van der Waals surface area contributed by atoms with Crippen LogP contribution in [0.5, 0.6) is 0 Å². The maximum atomic E-state index is 12.8. The molecule has 0 unspecified atom stereocenters.